The number of aromatic amines is 1. The number of anilines is 1. The number of halogens is 1. The third-order valence-electron chi connectivity index (χ3n) is 8.42. The standard InChI is InChI=1S/C31H27FN6O3/c32-26-8-4-19(11-27-24-12-22(41-21-2-1-3-21)6-7-23(24)29(39)36-35-27)10-25(26)30(40)38-17-31(18-38)15-37(16-31)28-9-5-20(13-33)14-34-28/h4-10,12,14,21H,1-3,11,15-18H2,(H,36,39). The molecular weight excluding hydrogens is 523 g/mol. The maximum atomic E-state index is 14.9. The molecule has 9 nitrogen and oxygen atoms in total. The molecule has 2 aromatic carbocycles. The van der Waals surface area contributed by atoms with Gasteiger partial charge in [0.25, 0.3) is 11.5 Å². The van der Waals surface area contributed by atoms with Crippen molar-refractivity contribution in [3.63, 3.8) is 0 Å². The molecule has 1 N–H and O–H groups in total. The summed E-state index contributed by atoms with van der Waals surface area (Å²) in [5.74, 6) is 0.609. The van der Waals surface area contributed by atoms with Crippen LogP contribution in [0.2, 0.25) is 0 Å². The van der Waals surface area contributed by atoms with Gasteiger partial charge in [-0.25, -0.2) is 14.5 Å². The van der Waals surface area contributed by atoms with Crippen molar-refractivity contribution in [2.75, 3.05) is 31.1 Å². The Morgan fingerprint density at radius 1 is 1.10 bits per heavy atom. The molecule has 41 heavy (non-hydrogen) atoms. The van der Waals surface area contributed by atoms with E-state index < -0.39 is 5.82 Å². The number of benzene rings is 2. The molecule has 7 rings (SSSR count). The average Bonchev–Trinajstić information content (AvgIpc) is 2.92. The summed E-state index contributed by atoms with van der Waals surface area (Å²) in [5, 5.41) is 17.0. The zero-order valence-corrected chi connectivity index (χ0v) is 22.3. The number of carbonyl (C=O) groups excluding carboxylic acids is 1. The topological polar surface area (TPSA) is 115 Å². The number of ether oxygens (including phenoxy) is 1. The van der Waals surface area contributed by atoms with Gasteiger partial charge in [0, 0.05) is 49.6 Å². The van der Waals surface area contributed by atoms with Crippen LogP contribution in [0.5, 0.6) is 5.75 Å². The van der Waals surface area contributed by atoms with Gasteiger partial charge in [-0.1, -0.05) is 6.07 Å². The first-order valence-electron chi connectivity index (χ1n) is 13.8. The summed E-state index contributed by atoms with van der Waals surface area (Å²) < 4.78 is 20.9. The Morgan fingerprint density at radius 2 is 1.93 bits per heavy atom. The van der Waals surface area contributed by atoms with Crippen LogP contribution >= 0.6 is 0 Å². The van der Waals surface area contributed by atoms with Gasteiger partial charge in [0.05, 0.1) is 28.3 Å². The number of aromatic nitrogens is 3. The van der Waals surface area contributed by atoms with Crippen LogP contribution in [0.25, 0.3) is 10.8 Å². The lowest BCUT2D eigenvalue weighted by molar-refractivity contribution is -0.0110. The summed E-state index contributed by atoms with van der Waals surface area (Å²) in [4.78, 5) is 33.9. The Kier molecular flexibility index (Phi) is 5.96. The number of rotatable bonds is 6. The first-order chi connectivity index (χ1) is 19.9. The summed E-state index contributed by atoms with van der Waals surface area (Å²) in [6.45, 7) is 2.63. The number of hydrogen-bond acceptors (Lipinski definition) is 7. The maximum absolute atomic E-state index is 14.9. The minimum Gasteiger partial charge on any atom is -0.490 e. The lowest BCUT2D eigenvalue weighted by Gasteiger charge is -2.60. The van der Waals surface area contributed by atoms with E-state index in [2.05, 4.69) is 26.2 Å². The molecule has 4 aromatic rings. The number of hydrogen-bond donors (Lipinski definition) is 1. The number of nitrogens with one attached hydrogen (secondary N) is 1. The van der Waals surface area contributed by atoms with Crippen molar-refractivity contribution in [3.05, 3.63) is 93.3 Å². The van der Waals surface area contributed by atoms with Gasteiger partial charge in [0.15, 0.2) is 0 Å². The number of likely N-dealkylation sites (tertiary alicyclic amines) is 1. The fourth-order valence-electron chi connectivity index (χ4n) is 5.97. The van der Waals surface area contributed by atoms with Crippen molar-refractivity contribution >= 4 is 22.5 Å². The summed E-state index contributed by atoms with van der Waals surface area (Å²) in [7, 11) is 0. The zero-order chi connectivity index (χ0) is 28.1. The molecule has 0 radical (unpaired) electrons. The molecule has 1 spiro atoms. The molecule has 2 saturated heterocycles. The monoisotopic (exact) mass is 550 g/mol. The number of fused-ring (bicyclic) bond motifs is 1. The molecule has 3 aliphatic rings. The van der Waals surface area contributed by atoms with E-state index in [4.69, 9.17) is 10.00 Å². The summed E-state index contributed by atoms with van der Waals surface area (Å²) in [6.07, 6.45) is 5.28. The number of nitriles is 1. The van der Waals surface area contributed by atoms with Crippen molar-refractivity contribution in [2.45, 2.75) is 31.8 Å². The highest BCUT2D eigenvalue weighted by Crippen LogP contribution is 2.42. The molecular formula is C31H27FN6O3. The van der Waals surface area contributed by atoms with Crippen LogP contribution in [0.1, 0.15) is 46.4 Å². The van der Waals surface area contributed by atoms with Crippen molar-refractivity contribution in [2.24, 2.45) is 5.41 Å². The molecule has 1 saturated carbocycles. The second-order valence-corrected chi connectivity index (χ2v) is 11.4. The van der Waals surface area contributed by atoms with Gasteiger partial charge in [-0.05, 0) is 67.3 Å². The third-order valence-corrected chi connectivity index (χ3v) is 8.42. The van der Waals surface area contributed by atoms with Gasteiger partial charge in [0.2, 0.25) is 0 Å². The van der Waals surface area contributed by atoms with Crippen molar-refractivity contribution in [3.8, 4) is 11.8 Å². The molecule has 4 heterocycles. The first-order valence-corrected chi connectivity index (χ1v) is 13.8. The fraction of sp³-hybridized carbons (Fsp3) is 0.323. The second-order valence-electron chi connectivity index (χ2n) is 11.4. The first kappa shape index (κ1) is 25.2. The fourth-order valence-corrected chi connectivity index (χ4v) is 5.97. The second kappa shape index (κ2) is 9.70. The zero-order valence-electron chi connectivity index (χ0n) is 22.3. The molecule has 0 unspecified atom stereocenters. The van der Waals surface area contributed by atoms with Crippen LogP contribution in [0.3, 0.4) is 0 Å². The highest BCUT2D eigenvalue weighted by Gasteiger charge is 2.53. The average molecular weight is 551 g/mol. The Hall–Kier alpha value is -4.78. The maximum Gasteiger partial charge on any atom is 0.272 e. The van der Waals surface area contributed by atoms with Crippen LogP contribution in [0, 0.1) is 22.6 Å². The van der Waals surface area contributed by atoms with Gasteiger partial charge < -0.3 is 14.5 Å². The molecule has 2 aliphatic heterocycles. The van der Waals surface area contributed by atoms with Crippen LogP contribution in [0.15, 0.2) is 59.5 Å². The lowest BCUT2D eigenvalue weighted by Crippen LogP contribution is -2.73. The Morgan fingerprint density at radius 3 is 2.63 bits per heavy atom. The van der Waals surface area contributed by atoms with E-state index in [0.717, 1.165) is 43.7 Å². The minimum atomic E-state index is -0.563. The molecule has 1 amide bonds. The number of carbonyl (C=O) groups is 1. The Balaban J connectivity index is 1.05. The molecule has 206 valence electrons. The molecule has 0 atom stereocenters. The number of amides is 1. The summed E-state index contributed by atoms with van der Waals surface area (Å²) >= 11 is 0. The van der Waals surface area contributed by atoms with Crippen LogP contribution < -0.4 is 15.2 Å². The summed E-state index contributed by atoms with van der Waals surface area (Å²) in [6, 6.07) is 15.6. The predicted molar refractivity (Wildman–Crippen MR) is 149 cm³/mol. The van der Waals surface area contributed by atoms with Gasteiger partial charge in [-0.3, -0.25) is 9.59 Å². The quantitative estimate of drug-likeness (QED) is 0.388. The van der Waals surface area contributed by atoms with Gasteiger partial charge >= 0.3 is 0 Å². The van der Waals surface area contributed by atoms with E-state index >= 15 is 0 Å². The molecule has 2 aromatic heterocycles. The van der Waals surface area contributed by atoms with E-state index in [9.17, 15) is 14.0 Å². The number of nitrogens with zero attached hydrogens (tertiary/aromatic N) is 5. The number of pyridine rings is 1. The normalized spacial score (nSPS) is 17.5. The highest BCUT2D eigenvalue weighted by atomic mass is 19.1. The van der Waals surface area contributed by atoms with E-state index in [1.54, 1.807) is 41.4 Å². The van der Waals surface area contributed by atoms with E-state index in [1.165, 1.54) is 6.07 Å². The molecule has 1 aliphatic carbocycles. The smallest absolute Gasteiger partial charge is 0.272 e. The lowest BCUT2D eigenvalue weighted by atomic mass is 9.72. The van der Waals surface area contributed by atoms with Gasteiger partial charge in [-0.2, -0.15) is 10.4 Å². The van der Waals surface area contributed by atoms with Crippen LogP contribution in [0.4, 0.5) is 10.2 Å². The SMILES string of the molecule is N#Cc1ccc(N2CC3(CN(C(=O)c4cc(Cc5n[nH]c(=O)c6ccc(OC7CCC7)cc56)ccc4F)C3)C2)nc1. The molecule has 10 heteroatoms. The Bertz CT molecular complexity index is 1760. The number of H-pyrrole nitrogens is 1. The summed E-state index contributed by atoms with van der Waals surface area (Å²) in [5.41, 5.74) is 1.59. The third kappa shape index (κ3) is 4.57. The molecule has 3 fully saturated rings. The van der Waals surface area contributed by atoms with Crippen LogP contribution in [-0.4, -0.2) is 58.3 Å². The van der Waals surface area contributed by atoms with Crippen LogP contribution in [-0.2, 0) is 6.42 Å². The van der Waals surface area contributed by atoms with E-state index in [1.807, 2.05) is 12.1 Å². The van der Waals surface area contributed by atoms with Crippen molar-refractivity contribution in [1.29, 1.82) is 5.26 Å². The van der Waals surface area contributed by atoms with Gasteiger partial charge in [0.1, 0.15) is 23.5 Å². The largest absolute Gasteiger partial charge is 0.490 e. The van der Waals surface area contributed by atoms with Crippen molar-refractivity contribution < 1.29 is 13.9 Å². The highest BCUT2D eigenvalue weighted by molar-refractivity contribution is 5.95. The van der Waals surface area contributed by atoms with Gasteiger partial charge in [-0.15, -0.1) is 0 Å². The van der Waals surface area contributed by atoms with E-state index in [-0.39, 0.29) is 28.5 Å². The van der Waals surface area contributed by atoms with Crippen molar-refractivity contribution in [1.82, 2.24) is 20.1 Å². The molecule has 0 bridgehead atoms. The predicted octanol–water partition coefficient (Wildman–Crippen LogP) is 3.81. The van der Waals surface area contributed by atoms with E-state index in [0.29, 0.717) is 47.3 Å². The minimum absolute atomic E-state index is 0.0165. The Labute approximate surface area is 235 Å².